The van der Waals surface area contributed by atoms with Crippen LogP contribution < -0.4 is 9.64 Å². The largest absolute Gasteiger partial charge is 0.491 e. The highest BCUT2D eigenvalue weighted by Gasteiger charge is 2.41. The first-order valence-corrected chi connectivity index (χ1v) is 13.1. The Morgan fingerprint density at radius 3 is 2.74 bits per heavy atom. The lowest BCUT2D eigenvalue weighted by Crippen LogP contribution is -2.33. The van der Waals surface area contributed by atoms with Gasteiger partial charge < -0.3 is 14.2 Å². The normalized spacial score (nSPS) is 19.6. The number of amides is 1. The highest BCUT2D eigenvalue weighted by atomic mass is 19.4. The van der Waals surface area contributed by atoms with Crippen molar-refractivity contribution < 1.29 is 22.7 Å². The molecule has 0 radical (unpaired) electrons. The zero-order chi connectivity index (χ0) is 26.6. The number of aromatic nitrogens is 3. The van der Waals surface area contributed by atoms with Crippen molar-refractivity contribution in [1.82, 2.24) is 19.7 Å². The summed E-state index contributed by atoms with van der Waals surface area (Å²) < 4.78 is 50.5. The van der Waals surface area contributed by atoms with Gasteiger partial charge in [-0.05, 0) is 65.8 Å². The Hall–Kier alpha value is -3.40. The summed E-state index contributed by atoms with van der Waals surface area (Å²) >= 11 is 0. The summed E-state index contributed by atoms with van der Waals surface area (Å²) in [4.78, 5) is 17.3. The van der Waals surface area contributed by atoms with Gasteiger partial charge in [-0.15, -0.1) is 10.2 Å². The van der Waals surface area contributed by atoms with E-state index < -0.39 is 17.6 Å². The molecule has 38 heavy (non-hydrogen) atoms. The summed E-state index contributed by atoms with van der Waals surface area (Å²) in [5.41, 5.74) is 2.32. The van der Waals surface area contributed by atoms with E-state index in [-0.39, 0.29) is 17.7 Å². The Morgan fingerprint density at radius 1 is 1.16 bits per heavy atom. The number of anilines is 1. The fourth-order valence-corrected chi connectivity index (χ4v) is 6.00. The number of hydrogen-bond acceptors (Lipinski definition) is 5. The number of benzene rings is 2. The second-order valence-corrected chi connectivity index (χ2v) is 10.8. The third-order valence-corrected chi connectivity index (χ3v) is 7.84. The van der Waals surface area contributed by atoms with Gasteiger partial charge in [-0.2, -0.15) is 13.2 Å². The van der Waals surface area contributed by atoms with E-state index in [1.807, 2.05) is 23.7 Å². The average Bonchev–Trinajstić information content (AvgIpc) is 3.57. The first-order valence-electron chi connectivity index (χ1n) is 13.1. The molecular weight excluding hydrogens is 495 g/mol. The lowest BCUT2D eigenvalue weighted by molar-refractivity contribution is -0.138. The van der Waals surface area contributed by atoms with Crippen molar-refractivity contribution in [3.63, 3.8) is 0 Å². The van der Waals surface area contributed by atoms with Gasteiger partial charge in [0, 0.05) is 38.5 Å². The van der Waals surface area contributed by atoms with Crippen LogP contribution >= 0.6 is 0 Å². The van der Waals surface area contributed by atoms with Crippen LogP contribution in [0.2, 0.25) is 0 Å². The van der Waals surface area contributed by atoms with E-state index in [1.165, 1.54) is 11.0 Å². The molecule has 2 aromatic carbocycles. The van der Waals surface area contributed by atoms with Crippen molar-refractivity contribution in [3.05, 3.63) is 69.8 Å². The maximum Gasteiger partial charge on any atom is 0.416 e. The van der Waals surface area contributed by atoms with Gasteiger partial charge >= 0.3 is 6.18 Å². The van der Waals surface area contributed by atoms with Crippen molar-refractivity contribution in [2.24, 2.45) is 13.0 Å². The Morgan fingerprint density at radius 2 is 2.00 bits per heavy atom. The van der Waals surface area contributed by atoms with Crippen LogP contribution in [0.1, 0.15) is 63.8 Å². The number of piperidine rings is 1. The Labute approximate surface area is 219 Å². The van der Waals surface area contributed by atoms with Crippen LogP contribution in [0.4, 0.5) is 18.9 Å². The van der Waals surface area contributed by atoms with Crippen molar-refractivity contribution in [2.75, 3.05) is 24.6 Å². The summed E-state index contributed by atoms with van der Waals surface area (Å²) in [7, 11) is 1.86. The maximum absolute atomic E-state index is 14.3. The topological polar surface area (TPSA) is 63.5 Å². The van der Waals surface area contributed by atoms with Crippen molar-refractivity contribution in [2.45, 2.75) is 51.9 Å². The molecule has 1 amide bonds. The second kappa shape index (κ2) is 9.41. The molecule has 3 aliphatic heterocycles. The summed E-state index contributed by atoms with van der Waals surface area (Å²) in [6, 6.07) is 6.76. The molecule has 0 unspecified atom stereocenters. The summed E-state index contributed by atoms with van der Waals surface area (Å²) in [6.07, 6.45) is 0.379. The Bertz CT molecular complexity index is 1400. The van der Waals surface area contributed by atoms with Gasteiger partial charge in [0.1, 0.15) is 17.9 Å². The van der Waals surface area contributed by atoms with Gasteiger partial charge in [-0.1, -0.05) is 13.0 Å². The summed E-state index contributed by atoms with van der Waals surface area (Å²) in [5.74, 6) is 1.41. The highest BCUT2D eigenvalue weighted by molar-refractivity contribution is 6.11. The van der Waals surface area contributed by atoms with Crippen LogP contribution in [0, 0.1) is 5.92 Å². The van der Waals surface area contributed by atoms with Gasteiger partial charge in [-0.3, -0.25) is 9.69 Å². The molecule has 3 aromatic rings. The van der Waals surface area contributed by atoms with Gasteiger partial charge in [-0.25, -0.2) is 0 Å². The molecule has 0 aliphatic carbocycles. The van der Waals surface area contributed by atoms with E-state index in [1.54, 1.807) is 12.4 Å². The van der Waals surface area contributed by atoms with E-state index in [2.05, 4.69) is 22.0 Å². The molecule has 1 atom stereocenters. The number of likely N-dealkylation sites (tertiary alicyclic amines) is 1. The lowest BCUT2D eigenvalue weighted by Gasteiger charge is -2.31. The zero-order valence-corrected chi connectivity index (χ0v) is 21.5. The predicted octanol–water partition coefficient (Wildman–Crippen LogP) is 4.75. The monoisotopic (exact) mass is 525 g/mol. The quantitative estimate of drug-likeness (QED) is 0.481. The standard InChI is InChI=1S/C28H30F3N5O2/c1-17-4-3-6-35(13-17)14-19-9-21-22(23(10-19)28(29,30)31)15-36(27(21)37)24-11-18(8-20-5-7-38-26(20)24)12-25-33-32-16-34(25)2/h8-11,16-17H,3-7,12-15H2,1-2H3/t17-/m0/s1. The Balaban J connectivity index is 1.37. The molecule has 3 aliphatic rings. The molecule has 200 valence electrons. The van der Waals surface area contributed by atoms with E-state index in [4.69, 9.17) is 4.74 Å². The van der Waals surface area contributed by atoms with Crippen molar-refractivity contribution >= 4 is 11.6 Å². The molecule has 0 spiro atoms. The number of ether oxygens (including phenoxy) is 1. The highest BCUT2D eigenvalue weighted by Crippen LogP contribution is 2.44. The molecule has 4 heterocycles. The summed E-state index contributed by atoms with van der Waals surface area (Å²) in [6.45, 7) is 4.59. The third kappa shape index (κ3) is 4.55. The van der Waals surface area contributed by atoms with E-state index in [0.29, 0.717) is 48.9 Å². The van der Waals surface area contributed by atoms with Crippen LogP contribution in [0.3, 0.4) is 0 Å². The minimum atomic E-state index is -4.56. The number of alkyl halides is 3. The minimum absolute atomic E-state index is 0.0312. The molecule has 7 nitrogen and oxygen atoms in total. The summed E-state index contributed by atoms with van der Waals surface area (Å²) in [5, 5.41) is 8.08. The van der Waals surface area contributed by atoms with Crippen molar-refractivity contribution in [1.29, 1.82) is 0 Å². The van der Waals surface area contributed by atoms with Gasteiger partial charge in [0.2, 0.25) is 0 Å². The third-order valence-electron chi connectivity index (χ3n) is 7.84. The first kappa shape index (κ1) is 24.9. The molecule has 0 saturated carbocycles. The maximum atomic E-state index is 14.3. The lowest BCUT2D eigenvalue weighted by atomic mass is 9.96. The predicted molar refractivity (Wildman–Crippen MR) is 135 cm³/mol. The first-order chi connectivity index (χ1) is 18.2. The zero-order valence-electron chi connectivity index (χ0n) is 21.5. The number of hydrogen-bond donors (Lipinski definition) is 0. The van der Waals surface area contributed by atoms with Crippen LogP contribution in [-0.4, -0.2) is 45.3 Å². The molecule has 1 saturated heterocycles. The fraction of sp³-hybridized carbons (Fsp3) is 0.464. The van der Waals surface area contributed by atoms with E-state index >= 15 is 0 Å². The number of nitrogens with zero attached hydrogens (tertiary/aromatic N) is 5. The van der Waals surface area contributed by atoms with Crippen LogP contribution in [0.5, 0.6) is 5.75 Å². The molecule has 6 rings (SSSR count). The molecule has 0 bridgehead atoms. The van der Waals surface area contributed by atoms with Gasteiger partial charge in [0.15, 0.2) is 0 Å². The number of fused-ring (bicyclic) bond motifs is 2. The minimum Gasteiger partial charge on any atom is -0.491 e. The number of carbonyl (C=O) groups excluding carboxylic acids is 1. The Kier molecular flexibility index (Phi) is 6.17. The second-order valence-electron chi connectivity index (χ2n) is 10.8. The smallest absolute Gasteiger partial charge is 0.416 e. The average molecular weight is 526 g/mol. The molecule has 1 fully saturated rings. The fourth-order valence-electron chi connectivity index (χ4n) is 6.00. The van der Waals surface area contributed by atoms with Gasteiger partial charge in [0.05, 0.1) is 24.4 Å². The molecule has 0 N–H and O–H groups in total. The number of carbonyl (C=O) groups is 1. The molecular formula is C28H30F3N5O2. The van der Waals surface area contributed by atoms with Crippen molar-refractivity contribution in [3.8, 4) is 5.75 Å². The number of aryl methyl sites for hydroxylation is 1. The van der Waals surface area contributed by atoms with Crippen LogP contribution in [-0.2, 0) is 39.2 Å². The van der Waals surface area contributed by atoms with E-state index in [0.717, 1.165) is 42.9 Å². The SMILES string of the molecule is C[C@H]1CCCN(Cc2cc3c(c(C(F)(F)F)c2)CN(c2cc(Cc4nncn4C)cc4c2OCC4)C3=O)C1. The number of rotatable bonds is 5. The number of halogens is 3. The van der Waals surface area contributed by atoms with Crippen LogP contribution in [0.15, 0.2) is 30.6 Å². The van der Waals surface area contributed by atoms with Crippen LogP contribution in [0.25, 0.3) is 0 Å². The van der Waals surface area contributed by atoms with E-state index in [9.17, 15) is 18.0 Å². The van der Waals surface area contributed by atoms with Gasteiger partial charge in [0.25, 0.3) is 5.91 Å². The molecule has 10 heteroatoms. The molecule has 1 aromatic heterocycles.